The van der Waals surface area contributed by atoms with Gasteiger partial charge in [0.25, 0.3) is 11.6 Å². The molecule has 0 unspecified atom stereocenters. The topological polar surface area (TPSA) is 75.5 Å². The third-order valence-electron chi connectivity index (χ3n) is 4.20. The number of rotatable bonds is 6. The van der Waals surface area contributed by atoms with Crippen LogP contribution in [-0.2, 0) is 6.54 Å². The van der Waals surface area contributed by atoms with Crippen molar-refractivity contribution in [2.45, 2.75) is 25.4 Å². The van der Waals surface area contributed by atoms with Crippen LogP contribution in [0.3, 0.4) is 0 Å². The number of hydrogen-bond acceptors (Lipinski definition) is 4. The fourth-order valence-electron chi connectivity index (χ4n) is 2.64. The van der Waals surface area contributed by atoms with Gasteiger partial charge in [0.2, 0.25) is 0 Å². The van der Waals surface area contributed by atoms with E-state index >= 15 is 0 Å². The van der Waals surface area contributed by atoms with Crippen LogP contribution >= 0.6 is 23.2 Å². The van der Waals surface area contributed by atoms with Crippen LogP contribution in [0.2, 0.25) is 10.0 Å². The summed E-state index contributed by atoms with van der Waals surface area (Å²) in [6, 6.07) is 9.94. The summed E-state index contributed by atoms with van der Waals surface area (Å²) in [6.07, 6.45) is 1.91. The van der Waals surface area contributed by atoms with Crippen LogP contribution in [0.25, 0.3) is 0 Å². The number of amides is 1. The Labute approximate surface area is 160 Å². The normalized spacial score (nSPS) is 13.3. The summed E-state index contributed by atoms with van der Waals surface area (Å²) in [5.74, 6) is -0.289. The molecule has 3 rings (SSSR count). The molecule has 1 amide bonds. The number of nitrogens with zero attached hydrogens (tertiary/aromatic N) is 2. The SMILES string of the molecule is CN(Cc1cccc(Cl)c1Cl)c1ccc(C(=O)NC2CC2)cc1[N+](=O)[O-]. The van der Waals surface area contributed by atoms with Gasteiger partial charge >= 0.3 is 0 Å². The van der Waals surface area contributed by atoms with E-state index in [1.54, 1.807) is 36.2 Å². The van der Waals surface area contributed by atoms with E-state index in [1.165, 1.54) is 6.07 Å². The van der Waals surface area contributed by atoms with Gasteiger partial charge in [-0.05, 0) is 36.6 Å². The van der Waals surface area contributed by atoms with Crippen molar-refractivity contribution < 1.29 is 9.72 Å². The fraction of sp³-hybridized carbons (Fsp3) is 0.278. The quantitative estimate of drug-likeness (QED) is 0.581. The van der Waals surface area contributed by atoms with Crippen molar-refractivity contribution in [3.05, 3.63) is 67.7 Å². The van der Waals surface area contributed by atoms with Crippen molar-refractivity contribution in [2.75, 3.05) is 11.9 Å². The Morgan fingerprint density at radius 3 is 2.69 bits per heavy atom. The van der Waals surface area contributed by atoms with Crippen molar-refractivity contribution in [3.63, 3.8) is 0 Å². The first kappa shape index (κ1) is 18.5. The number of carbonyl (C=O) groups excluding carboxylic acids is 1. The van der Waals surface area contributed by atoms with Crippen molar-refractivity contribution in [3.8, 4) is 0 Å². The number of nitro groups is 1. The zero-order valence-corrected chi connectivity index (χ0v) is 15.5. The summed E-state index contributed by atoms with van der Waals surface area (Å²) >= 11 is 12.2. The van der Waals surface area contributed by atoms with Gasteiger partial charge in [0.05, 0.1) is 15.0 Å². The van der Waals surface area contributed by atoms with E-state index in [0.717, 1.165) is 18.4 Å². The molecular formula is C18H17Cl2N3O3. The highest BCUT2D eigenvalue weighted by atomic mass is 35.5. The number of nitro benzene ring substituents is 1. The Morgan fingerprint density at radius 2 is 2.04 bits per heavy atom. The third kappa shape index (κ3) is 4.08. The second kappa shape index (κ2) is 7.51. The van der Waals surface area contributed by atoms with Crippen LogP contribution in [0.15, 0.2) is 36.4 Å². The zero-order valence-electron chi connectivity index (χ0n) is 14.0. The second-order valence-corrected chi connectivity index (χ2v) is 7.06. The number of hydrogen-bond donors (Lipinski definition) is 1. The van der Waals surface area contributed by atoms with Gasteiger partial charge in [-0.1, -0.05) is 35.3 Å². The van der Waals surface area contributed by atoms with Gasteiger partial charge in [-0.3, -0.25) is 14.9 Å². The Balaban J connectivity index is 1.86. The van der Waals surface area contributed by atoms with E-state index in [9.17, 15) is 14.9 Å². The number of benzene rings is 2. The molecule has 0 spiro atoms. The van der Waals surface area contributed by atoms with Gasteiger partial charge in [0, 0.05) is 31.3 Å². The lowest BCUT2D eigenvalue weighted by Crippen LogP contribution is -2.25. The molecule has 0 bridgehead atoms. The van der Waals surface area contributed by atoms with Crippen LogP contribution in [0.5, 0.6) is 0 Å². The third-order valence-corrected chi connectivity index (χ3v) is 5.06. The molecule has 26 heavy (non-hydrogen) atoms. The molecular weight excluding hydrogens is 377 g/mol. The molecule has 6 nitrogen and oxygen atoms in total. The Hall–Kier alpha value is -2.31. The number of nitrogens with one attached hydrogen (secondary N) is 1. The smallest absolute Gasteiger partial charge is 0.293 e. The molecule has 1 fully saturated rings. The highest BCUT2D eigenvalue weighted by molar-refractivity contribution is 6.42. The maximum Gasteiger partial charge on any atom is 0.293 e. The average Bonchev–Trinajstić information content (AvgIpc) is 3.42. The molecule has 136 valence electrons. The van der Waals surface area contributed by atoms with Gasteiger partial charge in [0.15, 0.2) is 0 Å². The van der Waals surface area contributed by atoms with E-state index in [2.05, 4.69) is 5.32 Å². The lowest BCUT2D eigenvalue weighted by Gasteiger charge is -2.20. The van der Waals surface area contributed by atoms with Gasteiger partial charge in [-0.25, -0.2) is 0 Å². The summed E-state index contributed by atoms with van der Waals surface area (Å²) in [4.78, 5) is 24.9. The predicted molar refractivity (Wildman–Crippen MR) is 102 cm³/mol. The van der Waals surface area contributed by atoms with E-state index in [4.69, 9.17) is 23.2 Å². The molecule has 0 radical (unpaired) electrons. The van der Waals surface area contributed by atoms with Gasteiger partial charge in [-0.2, -0.15) is 0 Å². The van der Waals surface area contributed by atoms with Crippen LogP contribution in [-0.4, -0.2) is 23.9 Å². The van der Waals surface area contributed by atoms with Crippen LogP contribution in [0.4, 0.5) is 11.4 Å². The summed E-state index contributed by atoms with van der Waals surface area (Å²) in [6.45, 7) is 0.341. The minimum absolute atomic E-state index is 0.130. The summed E-state index contributed by atoms with van der Waals surface area (Å²) in [7, 11) is 1.73. The molecule has 0 heterocycles. The van der Waals surface area contributed by atoms with Gasteiger partial charge in [-0.15, -0.1) is 0 Å². The van der Waals surface area contributed by atoms with Crippen molar-refractivity contribution in [1.82, 2.24) is 5.32 Å². The van der Waals surface area contributed by atoms with E-state index in [-0.39, 0.29) is 23.2 Å². The number of halogens is 2. The molecule has 1 aliphatic carbocycles. The molecule has 1 aliphatic rings. The van der Waals surface area contributed by atoms with Gasteiger partial charge < -0.3 is 10.2 Å². The lowest BCUT2D eigenvalue weighted by atomic mass is 10.1. The van der Waals surface area contributed by atoms with Crippen LogP contribution < -0.4 is 10.2 Å². The van der Waals surface area contributed by atoms with Gasteiger partial charge in [0.1, 0.15) is 5.69 Å². The standard InChI is InChI=1S/C18H17Cl2N3O3/c1-22(10-12-3-2-4-14(19)17(12)20)15-8-5-11(9-16(15)23(25)26)18(24)21-13-6-7-13/h2-5,8-9,13H,6-7,10H2,1H3,(H,21,24). The first-order chi connectivity index (χ1) is 12.4. The molecule has 2 aromatic carbocycles. The molecule has 1 saturated carbocycles. The van der Waals surface area contributed by atoms with Crippen LogP contribution in [0.1, 0.15) is 28.8 Å². The summed E-state index contributed by atoms with van der Waals surface area (Å²) in [5, 5.41) is 15.2. The average molecular weight is 394 g/mol. The van der Waals surface area contributed by atoms with E-state index < -0.39 is 4.92 Å². The van der Waals surface area contributed by atoms with Crippen molar-refractivity contribution in [2.24, 2.45) is 0 Å². The zero-order chi connectivity index (χ0) is 18.8. The van der Waals surface area contributed by atoms with E-state index in [1.807, 2.05) is 6.07 Å². The largest absolute Gasteiger partial charge is 0.365 e. The van der Waals surface area contributed by atoms with Crippen molar-refractivity contribution in [1.29, 1.82) is 0 Å². The first-order valence-corrected chi connectivity index (χ1v) is 8.85. The molecule has 0 aliphatic heterocycles. The molecule has 2 aromatic rings. The van der Waals surface area contributed by atoms with E-state index in [0.29, 0.717) is 22.3 Å². The Bertz CT molecular complexity index is 869. The highest BCUT2D eigenvalue weighted by Gasteiger charge is 2.26. The Morgan fingerprint density at radius 1 is 1.31 bits per heavy atom. The summed E-state index contributed by atoms with van der Waals surface area (Å²) in [5.41, 5.74) is 1.30. The van der Waals surface area contributed by atoms with Crippen LogP contribution in [0, 0.1) is 10.1 Å². The highest BCUT2D eigenvalue weighted by Crippen LogP contribution is 2.32. The minimum Gasteiger partial charge on any atom is -0.365 e. The molecule has 0 aromatic heterocycles. The first-order valence-electron chi connectivity index (χ1n) is 8.10. The predicted octanol–water partition coefficient (Wildman–Crippen LogP) is 4.43. The molecule has 1 N–H and O–H groups in total. The lowest BCUT2D eigenvalue weighted by molar-refractivity contribution is -0.384. The summed E-state index contributed by atoms with van der Waals surface area (Å²) < 4.78 is 0. The van der Waals surface area contributed by atoms with Crippen molar-refractivity contribution >= 4 is 40.5 Å². The molecule has 0 saturated heterocycles. The second-order valence-electron chi connectivity index (χ2n) is 6.28. The molecule has 8 heteroatoms. The monoisotopic (exact) mass is 393 g/mol. The molecule has 0 atom stereocenters. The Kier molecular flexibility index (Phi) is 5.34. The maximum atomic E-state index is 12.1. The minimum atomic E-state index is -0.487. The number of carbonyl (C=O) groups is 1. The fourth-order valence-corrected chi connectivity index (χ4v) is 3.02. The number of anilines is 1. The maximum absolute atomic E-state index is 12.1.